The Morgan fingerprint density at radius 2 is 1.62 bits per heavy atom. The second-order valence-corrected chi connectivity index (χ2v) is 8.13. The number of hydrogen-bond donors (Lipinski definition) is 1. The van der Waals surface area contributed by atoms with E-state index in [0.717, 1.165) is 33.0 Å². The van der Waals surface area contributed by atoms with E-state index in [4.69, 9.17) is 11.6 Å². The minimum Gasteiger partial charge on any atom is -0.342 e. The summed E-state index contributed by atoms with van der Waals surface area (Å²) in [7, 11) is 0. The van der Waals surface area contributed by atoms with Gasteiger partial charge in [-0.2, -0.15) is 0 Å². The van der Waals surface area contributed by atoms with E-state index in [1.165, 1.54) is 16.5 Å². The van der Waals surface area contributed by atoms with Gasteiger partial charge in [-0.05, 0) is 35.9 Å². The second kappa shape index (κ2) is 7.70. The molecule has 0 aliphatic heterocycles. The predicted octanol–water partition coefficient (Wildman–Crippen LogP) is 6.61. The van der Waals surface area contributed by atoms with Crippen LogP contribution < -0.4 is 5.32 Å². The summed E-state index contributed by atoms with van der Waals surface area (Å²) in [6, 6.07) is 26.4. The Kier molecular flexibility index (Phi) is 4.76. The highest BCUT2D eigenvalue weighted by molar-refractivity contribution is 7.18. The van der Waals surface area contributed by atoms with Gasteiger partial charge in [0.25, 0.3) is 0 Å². The van der Waals surface area contributed by atoms with Crippen molar-refractivity contribution in [1.29, 1.82) is 0 Å². The first-order valence-electron chi connectivity index (χ1n) is 9.24. The van der Waals surface area contributed by atoms with E-state index in [1.807, 2.05) is 42.5 Å². The largest absolute Gasteiger partial charge is 0.342 e. The fraction of sp³-hybridized carbons (Fsp3) is 0.0435. The molecule has 0 aliphatic carbocycles. The maximum absolute atomic E-state index is 6.03. The van der Waals surface area contributed by atoms with Crippen LogP contribution in [0.3, 0.4) is 0 Å². The molecule has 4 nitrogen and oxygen atoms in total. The number of fused-ring (bicyclic) bond motifs is 1. The van der Waals surface area contributed by atoms with E-state index < -0.39 is 0 Å². The van der Waals surface area contributed by atoms with E-state index in [9.17, 15) is 0 Å². The summed E-state index contributed by atoms with van der Waals surface area (Å²) in [6.07, 6.45) is 2.16. The lowest BCUT2D eigenvalue weighted by Crippen LogP contribution is -1.97. The lowest BCUT2D eigenvalue weighted by atomic mass is 10.2. The number of anilines is 2. The van der Waals surface area contributed by atoms with Gasteiger partial charge in [-0.1, -0.05) is 71.5 Å². The molecule has 0 atom stereocenters. The van der Waals surface area contributed by atoms with Gasteiger partial charge in [-0.15, -0.1) is 10.2 Å². The molecule has 0 amide bonds. The second-order valence-electron chi connectivity index (χ2n) is 6.72. The van der Waals surface area contributed by atoms with Crippen molar-refractivity contribution in [1.82, 2.24) is 14.8 Å². The van der Waals surface area contributed by atoms with Crippen molar-refractivity contribution in [2.45, 2.75) is 6.54 Å². The van der Waals surface area contributed by atoms with Gasteiger partial charge in [0.15, 0.2) is 5.01 Å². The molecule has 0 saturated carbocycles. The third-order valence-corrected chi connectivity index (χ3v) is 5.86. The molecular weight excluding hydrogens is 400 g/mol. The molecular formula is C23H17ClN4S. The lowest BCUT2D eigenvalue weighted by Gasteiger charge is -2.05. The number of nitrogens with zero attached hydrogens (tertiary/aromatic N) is 3. The van der Waals surface area contributed by atoms with Crippen LogP contribution in [-0.4, -0.2) is 14.8 Å². The molecule has 3 aromatic carbocycles. The Bertz CT molecular complexity index is 1260. The van der Waals surface area contributed by atoms with Gasteiger partial charge in [0, 0.05) is 39.9 Å². The van der Waals surface area contributed by atoms with Crippen LogP contribution >= 0.6 is 22.9 Å². The Balaban J connectivity index is 1.50. The topological polar surface area (TPSA) is 42.7 Å². The van der Waals surface area contributed by atoms with Gasteiger partial charge >= 0.3 is 0 Å². The monoisotopic (exact) mass is 416 g/mol. The maximum Gasteiger partial charge on any atom is 0.210 e. The predicted molar refractivity (Wildman–Crippen MR) is 121 cm³/mol. The molecule has 0 bridgehead atoms. The maximum atomic E-state index is 6.03. The SMILES string of the molecule is Clc1ccc(Cn2cc(-c3nnc(Nc4ccccc4)s3)c3ccccc32)cc1. The third kappa shape index (κ3) is 3.75. The van der Waals surface area contributed by atoms with Crippen molar-refractivity contribution in [3.8, 4) is 10.6 Å². The number of halogens is 1. The highest BCUT2D eigenvalue weighted by Gasteiger charge is 2.14. The molecule has 0 radical (unpaired) electrons. The lowest BCUT2D eigenvalue weighted by molar-refractivity contribution is 0.837. The average Bonchev–Trinajstić information content (AvgIpc) is 3.35. The summed E-state index contributed by atoms with van der Waals surface area (Å²) in [6.45, 7) is 0.769. The zero-order valence-corrected chi connectivity index (χ0v) is 17.0. The molecule has 0 spiro atoms. The van der Waals surface area contributed by atoms with Crippen molar-refractivity contribution in [2.24, 2.45) is 0 Å². The number of aromatic nitrogens is 3. The number of nitrogens with one attached hydrogen (secondary N) is 1. The van der Waals surface area contributed by atoms with Crippen molar-refractivity contribution in [2.75, 3.05) is 5.32 Å². The van der Waals surface area contributed by atoms with Gasteiger partial charge in [-0.25, -0.2) is 0 Å². The molecule has 2 aromatic heterocycles. The Hall–Kier alpha value is -3.15. The van der Waals surface area contributed by atoms with E-state index in [2.05, 4.69) is 62.7 Å². The van der Waals surface area contributed by atoms with Crippen molar-refractivity contribution >= 4 is 44.7 Å². The van der Waals surface area contributed by atoms with E-state index in [1.54, 1.807) is 11.3 Å². The number of para-hydroxylation sites is 2. The van der Waals surface area contributed by atoms with E-state index in [0.29, 0.717) is 0 Å². The minimum absolute atomic E-state index is 0.749. The molecule has 2 heterocycles. The molecule has 29 heavy (non-hydrogen) atoms. The zero-order chi connectivity index (χ0) is 19.6. The number of rotatable bonds is 5. The van der Waals surface area contributed by atoms with Crippen LogP contribution in [0, 0.1) is 0 Å². The smallest absolute Gasteiger partial charge is 0.210 e. The van der Waals surface area contributed by atoms with Crippen molar-refractivity contribution in [3.63, 3.8) is 0 Å². The van der Waals surface area contributed by atoms with Gasteiger partial charge < -0.3 is 9.88 Å². The van der Waals surface area contributed by atoms with Gasteiger partial charge in [0.05, 0.1) is 0 Å². The van der Waals surface area contributed by atoms with Gasteiger partial charge in [-0.3, -0.25) is 0 Å². The molecule has 5 rings (SSSR count). The fourth-order valence-corrected chi connectivity index (χ4v) is 4.28. The molecule has 142 valence electrons. The summed E-state index contributed by atoms with van der Waals surface area (Å²) >= 11 is 7.58. The molecule has 5 aromatic rings. The minimum atomic E-state index is 0.749. The van der Waals surface area contributed by atoms with Crippen LogP contribution in [0.25, 0.3) is 21.5 Å². The van der Waals surface area contributed by atoms with Crippen LogP contribution in [0.2, 0.25) is 5.02 Å². The number of hydrogen-bond acceptors (Lipinski definition) is 4. The Morgan fingerprint density at radius 1 is 0.862 bits per heavy atom. The zero-order valence-electron chi connectivity index (χ0n) is 15.4. The molecule has 0 fully saturated rings. The molecule has 0 aliphatic rings. The van der Waals surface area contributed by atoms with Crippen LogP contribution in [0.4, 0.5) is 10.8 Å². The van der Waals surface area contributed by atoms with Crippen molar-refractivity contribution < 1.29 is 0 Å². The Morgan fingerprint density at radius 3 is 2.45 bits per heavy atom. The molecule has 1 N–H and O–H groups in total. The molecule has 6 heteroatoms. The highest BCUT2D eigenvalue weighted by Crippen LogP contribution is 2.35. The number of benzene rings is 3. The summed E-state index contributed by atoms with van der Waals surface area (Å²) in [5.41, 5.74) is 4.46. The van der Waals surface area contributed by atoms with Crippen LogP contribution in [0.1, 0.15) is 5.56 Å². The molecule has 0 saturated heterocycles. The quantitative estimate of drug-likeness (QED) is 0.350. The van der Waals surface area contributed by atoms with Crippen LogP contribution in [0.15, 0.2) is 85.1 Å². The van der Waals surface area contributed by atoms with Crippen molar-refractivity contribution in [3.05, 3.63) is 95.6 Å². The van der Waals surface area contributed by atoms with E-state index in [-0.39, 0.29) is 0 Å². The summed E-state index contributed by atoms with van der Waals surface area (Å²) in [5, 5.41) is 15.7. The van der Waals surface area contributed by atoms with E-state index >= 15 is 0 Å². The average molecular weight is 417 g/mol. The Labute approximate surface area is 177 Å². The normalized spacial score (nSPS) is 11.1. The third-order valence-electron chi connectivity index (χ3n) is 4.74. The summed E-state index contributed by atoms with van der Waals surface area (Å²) in [4.78, 5) is 0. The first-order valence-corrected chi connectivity index (χ1v) is 10.4. The van der Waals surface area contributed by atoms with Crippen LogP contribution in [0.5, 0.6) is 0 Å². The van der Waals surface area contributed by atoms with Gasteiger partial charge in [0.1, 0.15) is 0 Å². The van der Waals surface area contributed by atoms with Gasteiger partial charge in [0.2, 0.25) is 5.13 Å². The highest BCUT2D eigenvalue weighted by atomic mass is 35.5. The summed E-state index contributed by atoms with van der Waals surface area (Å²) in [5.74, 6) is 0. The van der Waals surface area contributed by atoms with Crippen LogP contribution in [-0.2, 0) is 6.54 Å². The standard InChI is InChI=1S/C23H17ClN4S/c24-17-12-10-16(11-13-17)14-28-15-20(19-8-4-5-9-21(19)28)22-26-27-23(29-22)25-18-6-2-1-3-7-18/h1-13,15H,14H2,(H,25,27). The first kappa shape index (κ1) is 17.9. The first-order chi connectivity index (χ1) is 14.3. The fourth-order valence-electron chi connectivity index (χ4n) is 3.36. The summed E-state index contributed by atoms with van der Waals surface area (Å²) < 4.78 is 2.25. The molecule has 0 unspecified atom stereocenters.